The van der Waals surface area contributed by atoms with Crippen LogP contribution in [-0.4, -0.2) is 65.8 Å². The predicted octanol–water partition coefficient (Wildman–Crippen LogP) is 1.97. The Morgan fingerprint density at radius 3 is 2.78 bits per heavy atom. The Kier molecular flexibility index (Phi) is 5.33. The van der Waals surface area contributed by atoms with Crippen LogP contribution in [0.2, 0.25) is 0 Å². The molecule has 0 spiro atoms. The number of amides is 2. The highest BCUT2D eigenvalue weighted by Gasteiger charge is 2.31. The summed E-state index contributed by atoms with van der Waals surface area (Å²) in [6.07, 6.45) is 3.11. The van der Waals surface area contributed by atoms with Gasteiger partial charge in [-0.1, -0.05) is 6.07 Å². The summed E-state index contributed by atoms with van der Waals surface area (Å²) in [6.45, 7) is 6.20. The molecule has 1 aromatic rings. The lowest BCUT2D eigenvalue weighted by molar-refractivity contribution is -0.133. The Balaban J connectivity index is 1.57. The molecule has 0 aromatic carbocycles. The van der Waals surface area contributed by atoms with E-state index in [1.54, 1.807) is 18.3 Å². The van der Waals surface area contributed by atoms with Gasteiger partial charge < -0.3 is 9.80 Å². The predicted molar refractivity (Wildman–Crippen MR) is 91.3 cm³/mol. The van der Waals surface area contributed by atoms with Gasteiger partial charge in [0.1, 0.15) is 0 Å². The summed E-state index contributed by atoms with van der Waals surface area (Å²) in [5.41, 5.74) is 0. The summed E-state index contributed by atoms with van der Waals surface area (Å²) in [5.74, 6) is 0.368. The lowest BCUT2D eigenvalue weighted by Gasteiger charge is -2.27. The van der Waals surface area contributed by atoms with Gasteiger partial charge in [0.15, 0.2) is 0 Å². The number of hydrogen-bond acceptors (Lipinski definition) is 4. The van der Waals surface area contributed by atoms with Crippen LogP contribution in [0.4, 0.5) is 0 Å². The van der Waals surface area contributed by atoms with E-state index in [1.165, 1.54) is 4.88 Å². The molecule has 23 heavy (non-hydrogen) atoms. The SMILES string of the molecule is CC(=O)N1CCCN(CC(=O)N2CCC[C@H]2c2cccs2)CC1. The molecule has 126 valence electrons. The molecule has 1 atom stereocenters. The fourth-order valence-electron chi connectivity index (χ4n) is 3.57. The lowest BCUT2D eigenvalue weighted by Crippen LogP contribution is -2.41. The van der Waals surface area contributed by atoms with Crippen LogP contribution in [0.1, 0.15) is 37.1 Å². The molecule has 0 bridgehead atoms. The van der Waals surface area contributed by atoms with Crippen molar-refractivity contribution in [3.05, 3.63) is 22.4 Å². The quantitative estimate of drug-likeness (QED) is 0.848. The summed E-state index contributed by atoms with van der Waals surface area (Å²) in [7, 11) is 0. The molecular weight excluding hydrogens is 310 g/mol. The largest absolute Gasteiger partial charge is 0.342 e. The normalized spacial score (nSPS) is 23.1. The second kappa shape index (κ2) is 7.45. The van der Waals surface area contributed by atoms with E-state index in [4.69, 9.17) is 0 Å². The first kappa shape index (κ1) is 16.5. The number of likely N-dealkylation sites (tertiary alicyclic amines) is 1. The van der Waals surface area contributed by atoms with Crippen molar-refractivity contribution in [1.29, 1.82) is 0 Å². The van der Waals surface area contributed by atoms with E-state index in [0.29, 0.717) is 6.54 Å². The van der Waals surface area contributed by atoms with Gasteiger partial charge in [0.25, 0.3) is 0 Å². The van der Waals surface area contributed by atoms with Crippen LogP contribution in [0.5, 0.6) is 0 Å². The van der Waals surface area contributed by atoms with Crippen LogP contribution in [0.15, 0.2) is 17.5 Å². The summed E-state index contributed by atoms with van der Waals surface area (Å²) in [5, 5.41) is 2.08. The van der Waals surface area contributed by atoms with Gasteiger partial charge in [0.05, 0.1) is 12.6 Å². The zero-order chi connectivity index (χ0) is 16.2. The van der Waals surface area contributed by atoms with Gasteiger partial charge in [0, 0.05) is 44.5 Å². The van der Waals surface area contributed by atoms with Crippen LogP contribution in [0.3, 0.4) is 0 Å². The van der Waals surface area contributed by atoms with Crippen molar-refractivity contribution in [3.8, 4) is 0 Å². The molecule has 0 unspecified atom stereocenters. The van der Waals surface area contributed by atoms with E-state index in [2.05, 4.69) is 27.3 Å². The van der Waals surface area contributed by atoms with E-state index < -0.39 is 0 Å². The van der Waals surface area contributed by atoms with Crippen LogP contribution >= 0.6 is 11.3 Å². The van der Waals surface area contributed by atoms with E-state index >= 15 is 0 Å². The van der Waals surface area contributed by atoms with Gasteiger partial charge in [-0.05, 0) is 30.7 Å². The van der Waals surface area contributed by atoms with Crippen molar-refractivity contribution in [1.82, 2.24) is 14.7 Å². The molecule has 2 fully saturated rings. The first-order chi connectivity index (χ1) is 11.1. The highest BCUT2D eigenvalue weighted by Crippen LogP contribution is 2.34. The molecule has 0 radical (unpaired) electrons. The van der Waals surface area contributed by atoms with Crippen LogP contribution < -0.4 is 0 Å². The van der Waals surface area contributed by atoms with Crippen molar-refractivity contribution in [2.75, 3.05) is 39.3 Å². The molecule has 0 aliphatic carbocycles. The third kappa shape index (κ3) is 3.93. The summed E-state index contributed by atoms with van der Waals surface area (Å²) >= 11 is 1.74. The third-order valence-electron chi connectivity index (χ3n) is 4.84. The topological polar surface area (TPSA) is 43.9 Å². The highest BCUT2D eigenvalue weighted by atomic mass is 32.1. The zero-order valence-electron chi connectivity index (χ0n) is 13.7. The second-order valence-corrected chi connectivity index (χ2v) is 7.38. The fraction of sp³-hybridized carbons (Fsp3) is 0.647. The van der Waals surface area contributed by atoms with E-state index in [0.717, 1.165) is 52.0 Å². The van der Waals surface area contributed by atoms with Crippen LogP contribution in [0.25, 0.3) is 0 Å². The number of carbonyl (C=O) groups excluding carboxylic acids is 2. The molecule has 5 nitrogen and oxygen atoms in total. The van der Waals surface area contributed by atoms with Gasteiger partial charge in [-0.2, -0.15) is 0 Å². The summed E-state index contributed by atoms with van der Waals surface area (Å²) in [4.78, 5) is 31.7. The molecular formula is C17H25N3O2S. The first-order valence-corrected chi connectivity index (χ1v) is 9.34. The minimum absolute atomic E-state index is 0.135. The fourth-order valence-corrected chi connectivity index (χ4v) is 4.44. The lowest BCUT2D eigenvalue weighted by atomic mass is 10.2. The summed E-state index contributed by atoms with van der Waals surface area (Å²) in [6, 6.07) is 4.46. The van der Waals surface area contributed by atoms with Gasteiger partial charge >= 0.3 is 0 Å². The van der Waals surface area contributed by atoms with Crippen molar-refractivity contribution >= 4 is 23.2 Å². The average molecular weight is 335 g/mol. The summed E-state index contributed by atoms with van der Waals surface area (Å²) < 4.78 is 0. The average Bonchev–Trinajstić information content (AvgIpc) is 3.15. The minimum Gasteiger partial charge on any atom is -0.342 e. The smallest absolute Gasteiger partial charge is 0.237 e. The van der Waals surface area contributed by atoms with Gasteiger partial charge in [-0.25, -0.2) is 0 Å². The number of thiophene rings is 1. The number of carbonyl (C=O) groups is 2. The molecule has 6 heteroatoms. The number of rotatable bonds is 3. The van der Waals surface area contributed by atoms with Gasteiger partial charge in [-0.3, -0.25) is 14.5 Å². The monoisotopic (exact) mass is 335 g/mol. The Morgan fingerprint density at radius 1 is 1.17 bits per heavy atom. The van der Waals surface area contributed by atoms with E-state index in [1.807, 2.05) is 4.90 Å². The standard InChI is InChI=1S/C17H25N3O2S/c1-14(21)19-8-4-7-18(10-11-19)13-17(22)20-9-2-5-15(20)16-6-3-12-23-16/h3,6,12,15H,2,4-5,7-11,13H2,1H3/t15-/m0/s1. The van der Waals surface area contributed by atoms with Crippen molar-refractivity contribution in [3.63, 3.8) is 0 Å². The molecule has 2 aliphatic rings. The maximum atomic E-state index is 12.8. The first-order valence-electron chi connectivity index (χ1n) is 8.46. The maximum absolute atomic E-state index is 12.8. The van der Waals surface area contributed by atoms with Crippen molar-refractivity contribution in [2.24, 2.45) is 0 Å². The van der Waals surface area contributed by atoms with E-state index in [-0.39, 0.29) is 17.9 Å². The number of nitrogens with zero attached hydrogens (tertiary/aromatic N) is 3. The zero-order valence-corrected chi connectivity index (χ0v) is 14.6. The highest BCUT2D eigenvalue weighted by molar-refractivity contribution is 7.10. The minimum atomic E-state index is 0.135. The Bertz CT molecular complexity index is 546. The number of hydrogen-bond donors (Lipinski definition) is 0. The molecule has 3 heterocycles. The molecule has 0 N–H and O–H groups in total. The molecule has 2 aliphatic heterocycles. The van der Waals surface area contributed by atoms with Crippen molar-refractivity contribution < 1.29 is 9.59 Å². The van der Waals surface area contributed by atoms with Crippen LogP contribution in [0, 0.1) is 0 Å². The molecule has 2 saturated heterocycles. The van der Waals surface area contributed by atoms with Crippen molar-refractivity contribution in [2.45, 2.75) is 32.2 Å². The third-order valence-corrected chi connectivity index (χ3v) is 5.81. The Morgan fingerprint density at radius 2 is 2.04 bits per heavy atom. The second-order valence-electron chi connectivity index (χ2n) is 6.40. The molecule has 1 aromatic heterocycles. The maximum Gasteiger partial charge on any atom is 0.237 e. The van der Waals surface area contributed by atoms with Gasteiger partial charge in [-0.15, -0.1) is 11.3 Å². The molecule has 0 saturated carbocycles. The van der Waals surface area contributed by atoms with E-state index in [9.17, 15) is 9.59 Å². The Hall–Kier alpha value is -1.40. The molecule has 2 amide bonds. The van der Waals surface area contributed by atoms with Crippen LogP contribution in [-0.2, 0) is 9.59 Å². The molecule has 3 rings (SSSR count). The van der Waals surface area contributed by atoms with Gasteiger partial charge in [0.2, 0.25) is 11.8 Å². The Labute approximate surface area is 141 Å².